The minimum absolute atomic E-state index is 0.190. The topological polar surface area (TPSA) is 142 Å². The number of nitrogens with one attached hydrogen (secondary N) is 1. The van der Waals surface area contributed by atoms with Gasteiger partial charge in [-0.25, -0.2) is 19.2 Å². The number of rotatable bonds is 4. The maximum atomic E-state index is 12.9. The Kier molecular flexibility index (Phi) is 5.12. The molecule has 0 saturated carbocycles. The number of aryl methyl sites for hydroxylation is 1. The number of aromatic nitrogens is 8. The van der Waals surface area contributed by atoms with Crippen LogP contribution in [0.1, 0.15) is 21.7 Å². The first-order chi connectivity index (χ1) is 16.7. The molecule has 11 nitrogen and oxygen atoms in total. The van der Waals surface area contributed by atoms with Gasteiger partial charge in [-0.2, -0.15) is 23.4 Å². The third-order valence-corrected chi connectivity index (χ3v) is 5.09. The molecule has 1 amide bonds. The van der Waals surface area contributed by atoms with Gasteiger partial charge in [0.25, 0.3) is 5.91 Å². The van der Waals surface area contributed by atoms with Gasteiger partial charge in [0.05, 0.1) is 41.4 Å². The lowest BCUT2D eigenvalue weighted by Gasteiger charge is -2.11. The number of amides is 1. The molecule has 0 radical (unpaired) electrons. The van der Waals surface area contributed by atoms with Gasteiger partial charge in [0.1, 0.15) is 12.0 Å². The molecule has 0 bridgehead atoms. The van der Waals surface area contributed by atoms with Crippen LogP contribution in [0.5, 0.6) is 0 Å². The fourth-order valence-corrected chi connectivity index (χ4v) is 3.37. The van der Waals surface area contributed by atoms with E-state index in [9.17, 15) is 18.0 Å². The van der Waals surface area contributed by atoms with Crippen molar-refractivity contribution in [3.05, 3.63) is 72.5 Å². The van der Waals surface area contributed by atoms with Crippen molar-refractivity contribution in [1.82, 2.24) is 39.3 Å². The van der Waals surface area contributed by atoms with Gasteiger partial charge >= 0.3 is 6.18 Å². The Labute approximate surface area is 194 Å². The van der Waals surface area contributed by atoms with E-state index in [2.05, 4.69) is 35.5 Å². The molecule has 0 spiro atoms. The van der Waals surface area contributed by atoms with E-state index in [0.29, 0.717) is 34.4 Å². The molecule has 0 unspecified atom stereocenters. The molecule has 0 fully saturated rings. The summed E-state index contributed by atoms with van der Waals surface area (Å²) < 4.78 is 41.8. The molecule has 0 saturated heterocycles. The van der Waals surface area contributed by atoms with Gasteiger partial charge in [-0.1, -0.05) is 0 Å². The van der Waals surface area contributed by atoms with E-state index in [0.717, 1.165) is 6.20 Å². The highest BCUT2D eigenvalue weighted by Crippen LogP contribution is 2.28. The second-order valence-electron chi connectivity index (χ2n) is 7.41. The largest absolute Gasteiger partial charge is 0.433 e. The summed E-state index contributed by atoms with van der Waals surface area (Å²) in [5.41, 5.74) is 7.63. The maximum absolute atomic E-state index is 12.9. The van der Waals surface area contributed by atoms with Crippen molar-refractivity contribution >= 4 is 23.1 Å². The SMILES string of the molecule is Cc1ncc(NC(=O)c2ccnc(C(F)(F)F)c2)cc1-n1cc(-c2cnc3c(N)ncnn23)cn1. The first kappa shape index (κ1) is 21.9. The number of fused-ring (bicyclic) bond motifs is 1. The number of nitrogens with zero attached hydrogens (tertiary/aromatic N) is 8. The third-order valence-electron chi connectivity index (χ3n) is 5.09. The zero-order valence-electron chi connectivity index (χ0n) is 17.9. The first-order valence-corrected chi connectivity index (χ1v) is 10.0. The summed E-state index contributed by atoms with van der Waals surface area (Å²) in [5, 5.41) is 11.1. The molecule has 0 atom stereocenters. The van der Waals surface area contributed by atoms with Crippen LogP contribution >= 0.6 is 0 Å². The fourth-order valence-electron chi connectivity index (χ4n) is 3.37. The van der Waals surface area contributed by atoms with Crippen molar-refractivity contribution in [2.75, 3.05) is 11.1 Å². The molecule has 5 rings (SSSR count). The highest BCUT2D eigenvalue weighted by molar-refractivity contribution is 6.04. The van der Waals surface area contributed by atoms with Gasteiger partial charge in [-0.05, 0) is 25.1 Å². The number of pyridine rings is 2. The van der Waals surface area contributed by atoms with Crippen LogP contribution < -0.4 is 11.1 Å². The Bertz CT molecular complexity index is 1570. The van der Waals surface area contributed by atoms with E-state index in [1.54, 1.807) is 36.3 Å². The minimum Gasteiger partial charge on any atom is -0.381 e. The monoisotopic (exact) mass is 480 g/mol. The summed E-state index contributed by atoms with van der Waals surface area (Å²) in [7, 11) is 0. The van der Waals surface area contributed by atoms with Gasteiger partial charge in [-0.15, -0.1) is 0 Å². The van der Waals surface area contributed by atoms with Crippen LogP contribution in [0.2, 0.25) is 0 Å². The normalized spacial score (nSPS) is 11.7. The summed E-state index contributed by atoms with van der Waals surface area (Å²) in [6, 6.07) is 3.49. The molecular formula is C21H15F3N10O. The smallest absolute Gasteiger partial charge is 0.381 e. The molecule has 14 heteroatoms. The number of imidazole rings is 1. The van der Waals surface area contributed by atoms with Crippen LogP contribution in [0.15, 0.2) is 55.5 Å². The molecule has 0 aliphatic rings. The average Bonchev–Trinajstić information content (AvgIpc) is 3.48. The van der Waals surface area contributed by atoms with Crippen molar-refractivity contribution in [3.8, 4) is 16.9 Å². The van der Waals surface area contributed by atoms with E-state index < -0.39 is 17.8 Å². The summed E-state index contributed by atoms with van der Waals surface area (Å²) in [4.78, 5) is 28.2. The first-order valence-electron chi connectivity index (χ1n) is 10.0. The van der Waals surface area contributed by atoms with Crippen molar-refractivity contribution in [3.63, 3.8) is 0 Å². The molecule has 0 aromatic carbocycles. The number of halogens is 3. The Hall–Kier alpha value is -4.88. The van der Waals surface area contributed by atoms with Crippen molar-refractivity contribution < 1.29 is 18.0 Å². The second kappa shape index (κ2) is 8.16. The molecule has 176 valence electrons. The fraction of sp³-hybridized carbons (Fsp3) is 0.0952. The Morgan fingerprint density at radius 2 is 1.89 bits per heavy atom. The number of nitrogen functional groups attached to an aromatic ring is 1. The lowest BCUT2D eigenvalue weighted by molar-refractivity contribution is -0.141. The molecule has 3 N–H and O–H groups in total. The third kappa shape index (κ3) is 4.12. The van der Waals surface area contributed by atoms with Crippen molar-refractivity contribution in [1.29, 1.82) is 0 Å². The zero-order valence-corrected chi connectivity index (χ0v) is 17.9. The van der Waals surface area contributed by atoms with Gasteiger partial charge < -0.3 is 11.1 Å². The number of carbonyl (C=O) groups is 1. The summed E-state index contributed by atoms with van der Waals surface area (Å²) >= 11 is 0. The van der Waals surface area contributed by atoms with Gasteiger partial charge in [0.15, 0.2) is 11.5 Å². The molecule has 5 aromatic heterocycles. The predicted octanol–water partition coefficient (Wildman–Crippen LogP) is 2.93. The van der Waals surface area contributed by atoms with Gasteiger partial charge in [0.2, 0.25) is 0 Å². The number of hydrogen-bond acceptors (Lipinski definition) is 8. The summed E-state index contributed by atoms with van der Waals surface area (Å²) in [6.45, 7) is 1.75. The molecular weight excluding hydrogens is 465 g/mol. The lowest BCUT2D eigenvalue weighted by atomic mass is 10.2. The highest BCUT2D eigenvalue weighted by atomic mass is 19.4. The number of hydrogen-bond donors (Lipinski definition) is 2. The van der Waals surface area contributed by atoms with E-state index in [4.69, 9.17) is 5.73 Å². The van der Waals surface area contributed by atoms with Crippen LogP contribution in [0.25, 0.3) is 22.6 Å². The standard InChI is InChI=1S/C21H15F3N10O/c1-11-15(33-9-13(6-30-33)16-8-28-19-18(25)29-10-31-34(16)19)5-14(7-27-11)32-20(35)12-2-3-26-17(4-12)21(22,23)24/h2-10H,1H3,(H,32,35)(H2,25,29,31). The molecule has 0 aliphatic heterocycles. The van der Waals surface area contributed by atoms with Crippen LogP contribution in [-0.2, 0) is 6.18 Å². The molecule has 5 aromatic rings. The second-order valence-corrected chi connectivity index (χ2v) is 7.41. The predicted molar refractivity (Wildman–Crippen MR) is 117 cm³/mol. The minimum atomic E-state index is -4.66. The quantitative estimate of drug-likeness (QED) is 0.400. The molecule has 0 aliphatic carbocycles. The van der Waals surface area contributed by atoms with Crippen LogP contribution in [0.4, 0.5) is 24.7 Å². The van der Waals surface area contributed by atoms with Crippen LogP contribution in [-0.4, -0.2) is 45.2 Å². The van der Waals surface area contributed by atoms with Crippen molar-refractivity contribution in [2.45, 2.75) is 13.1 Å². The van der Waals surface area contributed by atoms with Crippen LogP contribution in [0, 0.1) is 6.92 Å². The van der Waals surface area contributed by atoms with E-state index in [1.165, 1.54) is 23.1 Å². The number of alkyl halides is 3. The average molecular weight is 480 g/mol. The number of anilines is 2. The highest BCUT2D eigenvalue weighted by Gasteiger charge is 2.33. The van der Waals surface area contributed by atoms with Crippen LogP contribution in [0.3, 0.4) is 0 Å². The Balaban J connectivity index is 1.43. The van der Waals surface area contributed by atoms with E-state index in [-0.39, 0.29) is 17.1 Å². The Morgan fingerprint density at radius 3 is 2.69 bits per heavy atom. The van der Waals surface area contributed by atoms with E-state index in [1.807, 2.05) is 0 Å². The van der Waals surface area contributed by atoms with Gasteiger partial charge in [0, 0.05) is 23.5 Å². The lowest BCUT2D eigenvalue weighted by Crippen LogP contribution is -2.15. The van der Waals surface area contributed by atoms with E-state index >= 15 is 0 Å². The zero-order chi connectivity index (χ0) is 24.7. The molecule has 35 heavy (non-hydrogen) atoms. The maximum Gasteiger partial charge on any atom is 0.433 e. The van der Waals surface area contributed by atoms with Crippen molar-refractivity contribution in [2.24, 2.45) is 0 Å². The van der Waals surface area contributed by atoms with Gasteiger partial charge in [-0.3, -0.25) is 14.8 Å². The number of nitrogens with two attached hydrogens (primary N) is 1. The summed E-state index contributed by atoms with van der Waals surface area (Å²) in [5.74, 6) is -0.502. The number of carbonyl (C=O) groups excluding carboxylic acids is 1. The molecule has 5 heterocycles. The Morgan fingerprint density at radius 1 is 1.06 bits per heavy atom. The summed E-state index contributed by atoms with van der Waals surface area (Å²) in [6.07, 6.45) is 3.90.